The van der Waals surface area contributed by atoms with Crippen molar-refractivity contribution >= 4 is 26.8 Å². The maximum absolute atomic E-state index is 13.6. The van der Waals surface area contributed by atoms with E-state index in [2.05, 4.69) is 14.7 Å². The fourth-order valence-electron chi connectivity index (χ4n) is 4.67. The van der Waals surface area contributed by atoms with Gasteiger partial charge in [0.05, 0.1) is 17.7 Å². The number of hydrogen-bond donors (Lipinski definition) is 0. The number of nitrogens with zero attached hydrogens (tertiary/aromatic N) is 3. The molecule has 0 unspecified atom stereocenters. The first kappa shape index (κ1) is 24.9. The summed E-state index contributed by atoms with van der Waals surface area (Å²) in [5.41, 5.74) is 1.70. The molecule has 0 spiro atoms. The van der Waals surface area contributed by atoms with Crippen LogP contribution in [0.4, 0.5) is 13.2 Å². The minimum Gasteiger partial charge on any atom is -0.435 e. The summed E-state index contributed by atoms with van der Waals surface area (Å²) in [5.74, 6) is -0.815. The second kappa shape index (κ2) is 9.29. The predicted molar refractivity (Wildman–Crippen MR) is 131 cm³/mol. The van der Waals surface area contributed by atoms with Crippen LogP contribution in [0.25, 0.3) is 28.0 Å². The number of Topliss-reactive ketones (excluding diaryl/α,β-unsaturated/α-hetero) is 1. The first-order valence-corrected chi connectivity index (χ1v) is 13.3. The molecule has 0 saturated carbocycles. The van der Waals surface area contributed by atoms with Gasteiger partial charge in [0, 0.05) is 23.9 Å². The Morgan fingerprint density at radius 1 is 1.19 bits per heavy atom. The Morgan fingerprint density at radius 2 is 1.95 bits per heavy atom. The number of hydrogen-bond acceptors (Lipinski definition) is 6. The van der Waals surface area contributed by atoms with Gasteiger partial charge in [-0.2, -0.15) is 8.78 Å². The van der Waals surface area contributed by atoms with Gasteiger partial charge in [-0.05, 0) is 53.8 Å². The minimum absolute atomic E-state index is 0.00351. The van der Waals surface area contributed by atoms with Gasteiger partial charge in [0.25, 0.3) is 0 Å². The molecular weight excluding hydrogens is 507 g/mol. The molecule has 0 bridgehead atoms. The van der Waals surface area contributed by atoms with Crippen molar-refractivity contribution in [3.05, 3.63) is 72.4 Å². The van der Waals surface area contributed by atoms with Gasteiger partial charge in [0.2, 0.25) is 0 Å². The van der Waals surface area contributed by atoms with E-state index >= 15 is 0 Å². The summed E-state index contributed by atoms with van der Waals surface area (Å²) >= 11 is 0. The molecule has 1 saturated heterocycles. The monoisotopic (exact) mass is 529 g/mol. The number of halogens is 3. The summed E-state index contributed by atoms with van der Waals surface area (Å²) in [6.07, 6.45) is 3.40. The van der Waals surface area contributed by atoms with Crippen LogP contribution in [0.5, 0.6) is 5.75 Å². The van der Waals surface area contributed by atoms with E-state index in [-0.39, 0.29) is 35.2 Å². The third-order valence-electron chi connectivity index (χ3n) is 6.43. The van der Waals surface area contributed by atoms with Gasteiger partial charge in [-0.25, -0.2) is 22.8 Å². The van der Waals surface area contributed by atoms with E-state index < -0.39 is 27.7 Å². The van der Waals surface area contributed by atoms with E-state index in [9.17, 15) is 26.4 Å². The molecule has 3 heterocycles. The number of rotatable bonds is 7. The van der Waals surface area contributed by atoms with Crippen molar-refractivity contribution in [2.75, 3.05) is 11.5 Å². The first-order chi connectivity index (χ1) is 17.5. The molecule has 37 heavy (non-hydrogen) atoms. The summed E-state index contributed by atoms with van der Waals surface area (Å²) in [5, 5.41) is 0. The number of sulfone groups is 1. The zero-order chi connectivity index (χ0) is 26.4. The van der Waals surface area contributed by atoms with E-state index in [1.807, 2.05) is 0 Å². The van der Waals surface area contributed by atoms with E-state index in [4.69, 9.17) is 0 Å². The molecule has 1 fully saturated rings. The lowest BCUT2D eigenvalue weighted by Gasteiger charge is -2.20. The molecule has 1 atom stereocenters. The Kier molecular flexibility index (Phi) is 6.26. The molecule has 7 nitrogen and oxygen atoms in total. The standard InChI is InChI=1S/C26H22F3N3O4S/c1-26(9-10-37(34,35)15-26)12-22(33)21-13-30-23-20(16-3-2-4-19(11-16)36-25(28)29)14-32(24(23)31-21)18-7-5-17(27)6-8-18/h2-8,11,13-14,25H,9-10,12,15H2,1H3/t26-/m1/s1. The molecule has 1 aliphatic rings. The molecule has 0 radical (unpaired) electrons. The summed E-state index contributed by atoms with van der Waals surface area (Å²) in [6.45, 7) is -1.21. The van der Waals surface area contributed by atoms with E-state index in [1.165, 1.54) is 42.6 Å². The maximum atomic E-state index is 13.6. The van der Waals surface area contributed by atoms with Crippen LogP contribution in [0.3, 0.4) is 0 Å². The topological polar surface area (TPSA) is 91.2 Å². The average Bonchev–Trinajstić information content (AvgIpc) is 3.35. The Morgan fingerprint density at radius 3 is 2.62 bits per heavy atom. The van der Waals surface area contributed by atoms with Crippen molar-refractivity contribution in [2.24, 2.45) is 5.41 Å². The van der Waals surface area contributed by atoms with E-state index in [0.717, 1.165) is 0 Å². The molecule has 192 valence electrons. The van der Waals surface area contributed by atoms with Crippen LogP contribution in [0, 0.1) is 11.2 Å². The van der Waals surface area contributed by atoms with Crippen LogP contribution in [-0.2, 0) is 9.84 Å². The lowest BCUT2D eigenvalue weighted by atomic mass is 9.84. The summed E-state index contributed by atoms with van der Waals surface area (Å²) in [6, 6.07) is 11.7. The normalized spacial score (nSPS) is 18.9. The van der Waals surface area contributed by atoms with Crippen LogP contribution >= 0.6 is 0 Å². The number of benzene rings is 2. The Hall–Kier alpha value is -3.73. The molecule has 4 aromatic rings. The van der Waals surface area contributed by atoms with E-state index in [0.29, 0.717) is 34.4 Å². The highest BCUT2D eigenvalue weighted by atomic mass is 32.2. The number of carbonyl (C=O) groups is 1. The van der Waals surface area contributed by atoms with Gasteiger partial charge in [-0.3, -0.25) is 9.36 Å². The predicted octanol–water partition coefficient (Wildman–Crippen LogP) is 5.23. The Balaban J connectivity index is 1.59. The quantitative estimate of drug-likeness (QED) is 0.305. The van der Waals surface area contributed by atoms with Gasteiger partial charge < -0.3 is 4.74 Å². The second-order valence-electron chi connectivity index (χ2n) is 9.48. The summed E-state index contributed by atoms with van der Waals surface area (Å²) < 4.78 is 69.2. The summed E-state index contributed by atoms with van der Waals surface area (Å²) in [7, 11) is -3.18. The van der Waals surface area contributed by atoms with Gasteiger partial charge in [0.1, 0.15) is 22.8 Å². The highest BCUT2D eigenvalue weighted by Crippen LogP contribution is 2.37. The molecule has 0 N–H and O–H groups in total. The minimum atomic E-state index is -3.18. The van der Waals surface area contributed by atoms with Crippen molar-refractivity contribution < 1.29 is 31.1 Å². The van der Waals surface area contributed by atoms with Crippen molar-refractivity contribution in [3.63, 3.8) is 0 Å². The first-order valence-electron chi connectivity index (χ1n) is 11.4. The van der Waals surface area contributed by atoms with Gasteiger partial charge in [-0.1, -0.05) is 19.1 Å². The van der Waals surface area contributed by atoms with Crippen LogP contribution in [0.15, 0.2) is 60.9 Å². The lowest BCUT2D eigenvalue weighted by molar-refractivity contribution is -0.0498. The van der Waals surface area contributed by atoms with Crippen molar-refractivity contribution in [3.8, 4) is 22.6 Å². The second-order valence-corrected chi connectivity index (χ2v) is 11.7. The van der Waals surface area contributed by atoms with Crippen molar-refractivity contribution in [1.29, 1.82) is 0 Å². The highest BCUT2D eigenvalue weighted by Gasteiger charge is 2.40. The highest BCUT2D eigenvalue weighted by molar-refractivity contribution is 7.91. The third-order valence-corrected chi connectivity index (χ3v) is 8.39. The fourth-order valence-corrected chi connectivity index (χ4v) is 6.92. The largest absolute Gasteiger partial charge is 0.435 e. The molecule has 2 aromatic heterocycles. The van der Waals surface area contributed by atoms with Crippen LogP contribution in [-0.4, -0.2) is 46.9 Å². The van der Waals surface area contributed by atoms with Gasteiger partial charge in [0.15, 0.2) is 21.3 Å². The van der Waals surface area contributed by atoms with Gasteiger partial charge >= 0.3 is 6.61 Å². The van der Waals surface area contributed by atoms with Crippen LogP contribution in [0.1, 0.15) is 30.3 Å². The molecule has 1 aliphatic heterocycles. The number of ether oxygens (including phenoxy) is 1. The molecular formula is C26H22F3N3O4S. The zero-order valence-corrected chi connectivity index (χ0v) is 20.5. The molecule has 2 aromatic carbocycles. The maximum Gasteiger partial charge on any atom is 0.387 e. The zero-order valence-electron chi connectivity index (χ0n) is 19.7. The SMILES string of the molecule is C[C@]1(CC(=O)c2cnc3c(-c4cccc(OC(F)F)c4)cn(-c4ccc(F)cc4)c3n2)CCS(=O)(=O)C1. The molecule has 5 rings (SSSR count). The fraction of sp³-hybridized carbons (Fsp3) is 0.269. The molecule has 0 amide bonds. The Labute approximate surface area is 210 Å². The number of fused-ring (bicyclic) bond motifs is 1. The van der Waals surface area contributed by atoms with Gasteiger partial charge in [-0.15, -0.1) is 0 Å². The average molecular weight is 530 g/mol. The Bertz CT molecular complexity index is 1600. The number of carbonyl (C=O) groups excluding carboxylic acids is 1. The van der Waals surface area contributed by atoms with Crippen molar-refractivity contribution in [1.82, 2.24) is 14.5 Å². The number of alkyl halides is 2. The molecule has 0 aliphatic carbocycles. The van der Waals surface area contributed by atoms with Crippen molar-refractivity contribution in [2.45, 2.75) is 26.4 Å². The number of aromatic nitrogens is 3. The van der Waals surface area contributed by atoms with Crippen LogP contribution < -0.4 is 4.74 Å². The molecule has 11 heteroatoms. The summed E-state index contributed by atoms with van der Waals surface area (Å²) in [4.78, 5) is 22.2. The third kappa shape index (κ3) is 5.22. The van der Waals surface area contributed by atoms with E-state index in [1.54, 1.807) is 29.8 Å². The lowest BCUT2D eigenvalue weighted by Crippen LogP contribution is -2.23. The smallest absolute Gasteiger partial charge is 0.387 e. The number of ketones is 1. The van der Waals surface area contributed by atoms with Crippen LogP contribution in [0.2, 0.25) is 0 Å².